The van der Waals surface area contributed by atoms with E-state index in [-0.39, 0.29) is 30.9 Å². The van der Waals surface area contributed by atoms with Gasteiger partial charge in [-0.3, -0.25) is 14.5 Å². The fourth-order valence-corrected chi connectivity index (χ4v) is 4.51. The molecule has 1 unspecified atom stereocenters. The molecule has 0 aromatic heterocycles. The Balaban J connectivity index is 1.41. The molecule has 8 nitrogen and oxygen atoms in total. The van der Waals surface area contributed by atoms with Gasteiger partial charge in [0.05, 0.1) is 30.5 Å². The number of fused-ring (bicyclic) bond motifs is 1. The number of carbonyl (C=O) groups is 2. The zero-order chi connectivity index (χ0) is 30.1. The summed E-state index contributed by atoms with van der Waals surface area (Å²) in [7, 11) is 1.57. The van der Waals surface area contributed by atoms with Crippen LogP contribution in [0.5, 0.6) is 0 Å². The van der Waals surface area contributed by atoms with E-state index in [1.165, 1.54) is 6.20 Å². The van der Waals surface area contributed by atoms with E-state index >= 15 is 0 Å². The Morgan fingerprint density at radius 2 is 2.02 bits per heavy atom. The number of allylic oxidation sites excluding steroid dienone is 5. The molecule has 2 amide bonds. The summed E-state index contributed by atoms with van der Waals surface area (Å²) in [6.45, 7) is 2.18. The van der Waals surface area contributed by atoms with Crippen LogP contribution in [0.4, 0.5) is 8.78 Å². The molecule has 220 valence electrons. The van der Waals surface area contributed by atoms with E-state index < -0.39 is 5.92 Å². The number of likely N-dealkylation sites (tertiary alicyclic amines) is 1. The molecule has 10 heteroatoms. The van der Waals surface area contributed by atoms with Crippen molar-refractivity contribution in [1.29, 1.82) is 0 Å². The molecule has 4 rings (SSSR count). The first-order chi connectivity index (χ1) is 20.2. The highest BCUT2D eigenvalue weighted by molar-refractivity contribution is 5.97. The summed E-state index contributed by atoms with van der Waals surface area (Å²) in [5.74, 6) is -1.67. The minimum atomic E-state index is -2.60. The normalized spacial score (nSPS) is 18.2. The Morgan fingerprint density at radius 3 is 2.74 bits per heavy atom. The molecule has 1 fully saturated rings. The molecule has 1 heterocycles. The molecule has 1 saturated heterocycles. The maximum absolute atomic E-state index is 13.1. The summed E-state index contributed by atoms with van der Waals surface area (Å²) in [5.41, 5.74) is 12.5. The molecule has 42 heavy (non-hydrogen) atoms. The van der Waals surface area contributed by atoms with Crippen LogP contribution in [0.15, 0.2) is 89.4 Å². The standard InChI is InChI=1S/C32H34F2N4O4/c1-3-24(37-30(39)22-6-4-8-25(11-10-22)41-17-16-38-20-32(33,34)21-38)19-27(14-15-35)42-26-12-13-28-23(18-26)7-5-9-29(28)31(40)36-2/h4-7,9-11,14-15,18-19,24H,3,8,16-17,20-21,35H2,1-2H3,(H,36,40)(H,37,39)/b15-14-,27-19+. The van der Waals surface area contributed by atoms with Crippen LogP contribution in [0.1, 0.15) is 30.1 Å². The summed E-state index contributed by atoms with van der Waals surface area (Å²) in [4.78, 5) is 26.9. The number of ether oxygens (including phenoxy) is 2. The Bertz CT molecular complexity index is 1570. The van der Waals surface area contributed by atoms with E-state index in [2.05, 4.69) is 22.1 Å². The van der Waals surface area contributed by atoms with E-state index in [0.717, 1.165) is 5.22 Å². The first-order valence-corrected chi connectivity index (χ1v) is 13.7. The first kappa shape index (κ1) is 30.3. The number of alkyl halides is 2. The smallest absolute Gasteiger partial charge is 0.272 e. The fourth-order valence-electron chi connectivity index (χ4n) is 4.51. The lowest BCUT2D eigenvalue weighted by atomic mass is 10.1. The largest absolute Gasteiger partial charge is 0.496 e. The minimum absolute atomic E-state index is 0.221. The van der Waals surface area contributed by atoms with Gasteiger partial charge in [0.15, 0.2) is 5.76 Å². The monoisotopic (exact) mass is 576 g/mol. The number of carbonyl (C=O) groups excluding carboxylic acids is 2. The SMILES string of the molecule is CCC(/C=C(\C=C/N)OC1=C=C=c2c(C(=O)NC)cccc2=C1)NC(=O)C1=CC=C(OCCN2CC(F)(F)C2)CC=C1. The number of hydrogen-bond acceptors (Lipinski definition) is 6. The summed E-state index contributed by atoms with van der Waals surface area (Å²) in [5, 5.41) is 6.99. The average molecular weight is 577 g/mol. The van der Waals surface area contributed by atoms with E-state index in [4.69, 9.17) is 15.2 Å². The van der Waals surface area contributed by atoms with Crippen LogP contribution in [0.2, 0.25) is 0 Å². The summed E-state index contributed by atoms with van der Waals surface area (Å²) in [6, 6.07) is 4.97. The van der Waals surface area contributed by atoms with Gasteiger partial charge in [-0.15, -0.1) is 0 Å². The van der Waals surface area contributed by atoms with Crippen LogP contribution in [-0.4, -0.2) is 62.0 Å². The van der Waals surface area contributed by atoms with Gasteiger partial charge in [0, 0.05) is 30.8 Å². The molecule has 1 aromatic rings. The van der Waals surface area contributed by atoms with Crippen LogP contribution in [-0.2, 0) is 14.3 Å². The second kappa shape index (κ2) is 13.8. The molecular weight excluding hydrogens is 542 g/mol. The molecule has 0 radical (unpaired) electrons. The Morgan fingerprint density at radius 1 is 1.21 bits per heavy atom. The lowest BCUT2D eigenvalue weighted by Gasteiger charge is -2.38. The molecule has 3 aliphatic rings. The molecule has 1 atom stereocenters. The highest BCUT2D eigenvalue weighted by Gasteiger charge is 2.43. The van der Waals surface area contributed by atoms with Gasteiger partial charge < -0.3 is 25.8 Å². The number of halogens is 2. The summed E-state index contributed by atoms with van der Waals surface area (Å²) < 4.78 is 37.7. The molecule has 1 aliphatic heterocycles. The zero-order valence-corrected chi connectivity index (χ0v) is 23.6. The predicted molar refractivity (Wildman–Crippen MR) is 156 cm³/mol. The molecule has 1 aromatic carbocycles. The fraction of sp³-hybridized carbons (Fsp3) is 0.312. The maximum atomic E-state index is 13.1. The van der Waals surface area contributed by atoms with Gasteiger partial charge in [-0.1, -0.05) is 36.9 Å². The third-order valence-corrected chi connectivity index (χ3v) is 6.71. The van der Waals surface area contributed by atoms with Gasteiger partial charge in [0.25, 0.3) is 17.7 Å². The number of nitrogens with one attached hydrogen (secondary N) is 2. The third kappa shape index (κ3) is 7.98. The van der Waals surface area contributed by atoms with Gasteiger partial charge in [0.2, 0.25) is 0 Å². The van der Waals surface area contributed by atoms with Crippen LogP contribution < -0.4 is 26.8 Å². The Hall–Kier alpha value is -4.62. The number of nitrogens with zero attached hydrogens (tertiary/aromatic N) is 1. The summed E-state index contributed by atoms with van der Waals surface area (Å²) >= 11 is 0. The number of amides is 2. The van der Waals surface area contributed by atoms with Gasteiger partial charge in [-0.25, -0.2) is 8.78 Å². The average Bonchev–Trinajstić information content (AvgIpc) is 3.21. The van der Waals surface area contributed by atoms with E-state index in [1.807, 2.05) is 19.1 Å². The lowest BCUT2D eigenvalue weighted by molar-refractivity contribution is -0.133. The van der Waals surface area contributed by atoms with E-state index in [9.17, 15) is 18.4 Å². The van der Waals surface area contributed by atoms with Crippen molar-refractivity contribution in [2.45, 2.75) is 31.7 Å². The predicted octanol–water partition coefficient (Wildman–Crippen LogP) is 2.26. The quantitative estimate of drug-likeness (QED) is 0.200. The Kier molecular flexibility index (Phi) is 9.99. The van der Waals surface area contributed by atoms with Crippen molar-refractivity contribution in [2.24, 2.45) is 5.73 Å². The van der Waals surface area contributed by atoms with Crippen molar-refractivity contribution in [3.05, 3.63) is 105 Å². The number of benzene rings is 1. The number of nitrogens with two attached hydrogens (primary N) is 1. The van der Waals surface area contributed by atoms with Crippen molar-refractivity contribution in [3.8, 4) is 0 Å². The van der Waals surface area contributed by atoms with Gasteiger partial charge in [-0.05, 0) is 60.0 Å². The van der Waals surface area contributed by atoms with Crippen molar-refractivity contribution in [2.75, 3.05) is 33.3 Å². The zero-order valence-electron chi connectivity index (χ0n) is 23.6. The van der Waals surface area contributed by atoms with E-state index in [0.29, 0.717) is 59.6 Å². The van der Waals surface area contributed by atoms with Crippen LogP contribution in [0, 0.1) is 0 Å². The van der Waals surface area contributed by atoms with Gasteiger partial charge in [-0.2, -0.15) is 0 Å². The maximum Gasteiger partial charge on any atom is 0.272 e. The summed E-state index contributed by atoms with van der Waals surface area (Å²) in [6.07, 6.45) is 14.4. The van der Waals surface area contributed by atoms with Crippen molar-refractivity contribution < 1.29 is 27.8 Å². The molecular formula is C32H34F2N4O4. The van der Waals surface area contributed by atoms with E-state index in [1.54, 1.807) is 60.5 Å². The molecule has 0 spiro atoms. The van der Waals surface area contributed by atoms with Crippen LogP contribution >= 0.6 is 0 Å². The lowest BCUT2D eigenvalue weighted by Crippen LogP contribution is -2.56. The highest BCUT2D eigenvalue weighted by atomic mass is 19.3. The number of rotatable bonds is 12. The second-order valence-corrected chi connectivity index (χ2v) is 9.90. The molecule has 0 bridgehead atoms. The topological polar surface area (TPSA) is 106 Å². The van der Waals surface area contributed by atoms with Gasteiger partial charge >= 0.3 is 0 Å². The van der Waals surface area contributed by atoms with Crippen molar-refractivity contribution in [3.63, 3.8) is 0 Å². The Labute approximate surface area is 243 Å². The number of hydrogen-bond donors (Lipinski definition) is 3. The van der Waals surface area contributed by atoms with Crippen LogP contribution in [0.3, 0.4) is 0 Å². The van der Waals surface area contributed by atoms with Crippen molar-refractivity contribution in [1.82, 2.24) is 15.5 Å². The van der Waals surface area contributed by atoms with Crippen LogP contribution in [0.25, 0.3) is 11.8 Å². The highest BCUT2D eigenvalue weighted by Crippen LogP contribution is 2.26. The van der Waals surface area contributed by atoms with Gasteiger partial charge in [0.1, 0.15) is 12.4 Å². The molecule has 4 N–H and O–H groups in total. The molecule has 2 aliphatic carbocycles. The minimum Gasteiger partial charge on any atom is -0.496 e. The second-order valence-electron chi connectivity index (χ2n) is 9.90. The molecule has 0 saturated carbocycles. The van der Waals surface area contributed by atoms with Crippen molar-refractivity contribution >= 4 is 23.6 Å². The first-order valence-electron chi connectivity index (χ1n) is 13.7. The third-order valence-electron chi connectivity index (χ3n) is 6.71.